The molecule has 2 N–H and O–H groups in total. The Hall–Kier alpha value is -2.17. The van der Waals surface area contributed by atoms with Crippen LogP contribution in [0.3, 0.4) is 0 Å². The van der Waals surface area contributed by atoms with Gasteiger partial charge in [0.1, 0.15) is 0 Å². The molecule has 0 fully saturated rings. The van der Waals surface area contributed by atoms with Gasteiger partial charge in [-0.15, -0.1) is 0 Å². The molecule has 5 heteroatoms. The fraction of sp³-hybridized carbons (Fsp3) is 0.182. The fourth-order valence-electron chi connectivity index (χ4n) is 1.28. The second-order valence-electron chi connectivity index (χ2n) is 3.52. The number of amides is 1. The molecule has 2 heterocycles. The van der Waals surface area contributed by atoms with Crippen LogP contribution in [0, 0.1) is 13.8 Å². The summed E-state index contributed by atoms with van der Waals surface area (Å²) in [4.78, 5) is 15.7. The van der Waals surface area contributed by atoms with Crippen LogP contribution in [0.25, 0.3) is 0 Å². The van der Waals surface area contributed by atoms with Gasteiger partial charge in [-0.3, -0.25) is 14.9 Å². The molecule has 5 nitrogen and oxygen atoms in total. The minimum Gasteiger partial charge on any atom is -0.305 e. The molecular weight excluding hydrogens is 204 g/mol. The quantitative estimate of drug-likeness (QED) is 0.802. The van der Waals surface area contributed by atoms with Gasteiger partial charge in [0.15, 0.2) is 5.82 Å². The predicted molar refractivity (Wildman–Crippen MR) is 60.3 cm³/mol. The van der Waals surface area contributed by atoms with Crippen LogP contribution < -0.4 is 5.32 Å². The number of pyridine rings is 1. The van der Waals surface area contributed by atoms with Crippen LogP contribution in [0.2, 0.25) is 0 Å². The van der Waals surface area contributed by atoms with Gasteiger partial charge in [-0.2, -0.15) is 5.10 Å². The standard InChI is InChI=1S/C11H12N4O/c1-7-8(2)14-15-10(7)13-11(16)9-4-3-5-12-6-9/h3-6H,1-2H3,(H2,13,14,15,16). The lowest BCUT2D eigenvalue weighted by molar-refractivity contribution is 0.102. The number of hydrogen-bond donors (Lipinski definition) is 2. The summed E-state index contributed by atoms with van der Waals surface area (Å²) in [5.41, 5.74) is 2.40. The van der Waals surface area contributed by atoms with Gasteiger partial charge in [-0.25, -0.2) is 0 Å². The summed E-state index contributed by atoms with van der Waals surface area (Å²) in [6.07, 6.45) is 3.14. The van der Waals surface area contributed by atoms with Crippen LogP contribution in [0.4, 0.5) is 5.82 Å². The molecule has 0 bridgehead atoms. The highest BCUT2D eigenvalue weighted by atomic mass is 16.1. The fourth-order valence-corrected chi connectivity index (χ4v) is 1.28. The third-order valence-electron chi connectivity index (χ3n) is 2.41. The van der Waals surface area contributed by atoms with E-state index in [0.29, 0.717) is 11.4 Å². The van der Waals surface area contributed by atoms with Gasteiger partial charge in [0.25, 0.3) is 5.91 Å². The molecule has 0 saturated heterocycles. The Bertz CT molecular complexity index is 504. The molecule has 82 valence electrons. The number of H-pyrrole nitrogens is 1. The largest absolute Gasteiger partial charge is 0.305 e. The van der Waals surface area contributed by atoms with Crippen molar-refractivity contribution in [1.29, 1.82) is 0 Å². The van der Waals surface area contributed by atoms with E-state index < -0.39 is 0 Å². The molecular formula is C11H12N4O. The molecule has 0 unspecified atom stereocenters. The first-order valence-corrected chi connectivity index (χ1v) is 4.91. The van der Waals surface area contributed by atoms with Crippen molar-refractivity contribution in [1.82, 2.24) is 15.2 Å². The van der Waals surface area contributed by atoms with Crippen LogP contribution in [-0.2, 0) is 0 Å². The molecule has 0 aromatic carbocycles. The number of rotatable bonds is 2. The number of carbonyl (C=O) groups excluding carboxylic acids is 1. The normalized spacial score (nSPS) is 10.1. The maximum atomic E-state index is 11.8. The molecule has 2 aromatic rings. The molecule has 2 rings (SSSR count). The molecule has 0 radical (unpaired) electrons. The predicted octanol–water partition coefficient (Wildman–Crippen LogP) is 1.67. The summed E-state index contributed by atoms with van der Waals surface area (Å²) in [5, 5.41) is 9.54. The van der Waals surface area contributed by atoms with E-state index in [4.69, 9.17) is 0 Å². The Morgan fingerprint density at radius 2 is 2.25 bits per heavy atom. The zero-order valence-electron chi connectivity index (χ0n) is 9.11. The summed E-state index contributed by atoms with van der Waals surface area (Å²) in [6.45, 7) is 3.81. The Balaban J connectivity index is 2.17. The molecule has 0 spiro atoms. The zero-order valence-corrected chi connectivity index (χ0v) is 9.11. The lowest BCUT2D eigenvalue weighted by Gasteiger charge is -2.02. The number of aromatic nitrogens is 3. The third kappa shape index (κ3) is 1.93. The smallest absolute Gasteiger partial charge is 0.258 e. The number of hydrogen-bond acceptors (Lipinski definition) is 3. The second-order valence-corrected chi connectivity index (χ2v) is 3.52. The van der Waals surface area contributed by atoms with Crippen LogP contribution in [0.5, 0.6) is 0 Å². The van der Waals surface area contributed by atoms with E-state index in [1.807, 2.05) is 13.8 Å². The van der Waals surface area contributed by atoms with Crippen molar-refractivity contribution in [2.75, 3.05) is 5.32 Å². The minimum atomic E-state index is -0.206. The van der Waals surface area contributed by atoms with Crippen molar-refractivity contribution in [2.45, 2.75) is 13.8 Å². The van der Waals surface area contributed by atoms with Gasteiger partial charge in [-0.1, -0.05) is 0 Å². The first kappa shape index (κ1) is 10.4. The van der Waals surface area contributed by atoms with Crippen molar-refractivity contribution in [3.8, 4) is 0 Å². The van der Waals surface area contributed by atoms with Gasteiger partial charge >= 0.3 is 0 Å². The van der Waals surface area contributed by atoms with Crippen molar-refractivity contribution in [3.05, 3.63) is 41.3 Å². The van der Waals surface area contributed by atoms with Crippen LogP contribution in [0.1, 0.15) is 21.6 Å². The van der Waals surface area contributed by atoms with E-state index in [2.05, 4.69) is 20.5 Å². The van der Waals surface area contributed by atoms with Crippen molar-refractivity contribution in [2.24, 2.45) is 0 Å². The van der Waals surface area contributed by atoms with E-state index in [1.165, 1.54) is 6.20 Å². The van der Waals surface area contributed by atoms with E-state index in [9.17, 15) is 4.79 Å². The minimum absolute atomic E-state index is 0.206. The van der Waals surface area contributed by atoms with E-state index in [0.717, 1.165) is 11.3 Å². The lowest BCUT2D eigenvalue weighted by Crippen LogP contribution is -2.13. The van der Waals surface area contributed by atoms with Crippen LogP contribution >= 0.6 is 0 Å². The van der Waals surface area contributed by atoms with Crippen molar-refractivity contribution < 1.29 is 4.79 Å². The number of nitrogens with zero attached hydrogens (tertiary/aromatic N) is 2. The summed E-state index contributed by atoms with van der Waals surface area (Å²) < 4.78 is 0. The van der Waals surface area contributed by atoms with E-state index >= 15 is 0 Å². The molecule has 0 atom stereocenters. The molecule has 0 saturated carbocycles. The second kappa shape index (κ2) is 4.14. The number of aryl methyl sites for hydroxylation is 1. The average Bonchev–Trinajstić information content (AvgIpc) is 2.62. The SMILES string of the molecule is Cc1[nH]nc(NC(=O)c2cccnc2)c1C. The average molecular weight is 216 g/mol. The molecule has 16 heavy (non-hydrogen) atoms. The Morgan fingerprint density at radius 1 is 1.44 bits per heavy atom. The van der Waals surface area contributed by atoms with Crippen LogP contribution in [-0.4, -0.2) is 21.1 Å². The first-order valence-electron chi connectivity index (χ1n) is 4.91. The monoisotopic (exact) mass is 216 g/mol. The molecule has 0 aliphatic heterocycles. The third-order valence-corrected chi connectivity index (χ3v) is 2.41. The summed E-state index contributed by atoms with van der Waals surface area (Å²) in [7, 11) is 0. The summed E-state index contributed by atoms with van der Waals surface area (Å²) in [5.74, 6) is 0.356. The maximum Gasteiger partial charge on any atom is 0.258 e. The van der Waals surface area contributed by atoms with Crippen molar-refractivity contribution >= 4 is 11.7 Å². The zero-order chi connectivity index (χ0) is 11.5. The number of aromatic amines is 1. The van der Waals surface area contributed by atoms with Crippen LogP contribution in [0.15, 0.2) is 24.5 Å². The molecule has 1 amide bonds. The van der Waals surface area contributed by atoms with Gasteiger partial charge in [-0.05, 0) is 26.0 Å². The van der Waals surface area contributed by atoms with E-state index in [-0.39, 0.29) is 5.91 Å². The Morgan fingerprint density at radius 3 is 2.81 bits per heavy atom. The Labute approximate surface area is 92.9 Å². The summed E-state index contributed by atoms with van der Waals surface area (Å²) >= 11 is 0. The van der Waals surface area contributed by atoms with Crippen molar-refractivity contribution in [3.63, 3.8) is 0 Å². The highest BCUT2D eigenvalue weighted by Crippen LogP contribution is 2.14. The molecule has 2 aromatic heterocycles. The molecule has 0 aliphatic rings. The number of anilines is 1. The highest BCUT2D eigenvalue weighted by Gasteiger charge is 2.10. The van der Waals surface area contributed by atoms with Gasteiger partial charge in [0, 0.05) is 23.7 Å². The Kier molecular flexibility index (Phi) is 2.68. The number of carbonyl (C=O) groups is 1. The van der Waals surface area contributed by atoms with Gasteiger partial charge in [0.05, 0.1) is 5.56 Å². The highest BCUT2D eigenvalue weighted by molar-refractivity contribution is 6.03. The maximum absolute atomic E-state index is 11.8. The topological polar surface area (TPSA) is 70.7 Å². The summed E-state index contributed by atoms with van der Waals surface area (Å²) in [6, 6.07) is 3.43. The van der Waals surface area contributed by atoms with Gasteiger partial charge < -0.3 is 5.32 Å². The first-order chi connectivity index (χ1) is 7.68. The number of nitrogens with one attached hydrogen (secondary N) is 2. The van der Waals surface area contributed by atoms with E-state index in [1.54, 1.807) is 18.3 Å². The molecule has 0 aliphatic carbocycles. The van der Waals surface area contributed by atoms with Gasteiger partial charge in [0.2, 0.25) is 0 Å². The lowest BCUT2D eigenvalue weighted by atomic mass is 10.2.